The maximum atomic E-state index is 12.4. The minimum atomic E-state index is -0.655. The van der Waals surface area contributed by atoms with Crippen molar-refractivity contribution < 1.29 is 9.00 Å². The highest BCUT2D eigenvalue weighted by atomic mass is 32.2. The molecule has 1 N–H and O–H groups in total. The topological polar surface area (TPSA) is 49.4 Å². The van der Waals surface area contributed by atoms with Crippen molar-refractivity contribution in [3.05, 3.63) is 0 Å². The van der Waals surface area contributed by atoms with Gasteiger partial charge in [0.1, 0.15) is 0 Å². The Morgan fingerprint density at radius 3 is 2.67 bits per heavy atom. The molecule has 2 unspecified atom stereocenters. The van der Waals surface area contributed by atoms with E-state index in [2.05, 4.69) is 19.2 Å². The second-order valence-corrected chi connectivity index (χ2v) is 7.06. The lowest BCUT2D eigenvalue weighted by Crippen LogP contribution is -2.46. The molecule has 104 valence electrons. The second kappa shape index (κ2) is 6.15. The van der Waals surface area contributed by atoms with E-state index in [1.807, 2.05) is 4.90 Å². The molecule has 0 aromatic rings. The van der Waals surface area contributed by atoms with Gasteiger partial charge in [0.25, 0.3) is 0 Å². The number of carbonyl (C=O) groups is 1. The standard InChI is InChI=1S/C13H24N2O2S/c1-3-4-5-12-13(16)15(10(2)14-12)11-6-8-18(17)9-7-11/h10-12,14H,3-9H2,1-2H3. The first-order valence-corrected chi connectivity index (χ1v) is 8.55. The quantitative estimate of drug-likeness (QED) is 0.837. The fourth-order valence-electron chi connectivity index (χ4n) is 2.98. The molecule has 2 atom stereocenters. The van der Waals surface area contributed by atoms with Crippen LogP contribution in [0.4, 0.5) is 0 Å². The molecule has 0 aromatic heterocycles. The summed E-state index contributed by atoms with van der Waals surface area (Å²) >= 11 is 0. The summed E-state index contributed by atoms with van der Waals surface area (Å²) in [6.07, 6.45) is 5.08. The van der Waals surface area contributed by atoms with Gasteiger partial charge in [0.2, 0.25) is 5.91 Å². The molecular formula is C13H24N2O2S. The number of carbonyl (C=O) groups excluding carboxylic acids is 1. The number of nitrogens with one attached hydrogen (secondary N) is 1. The van der Waals surface area contributed by atoms with E-state index in [-0.39, 0.29) is 18.1 Å². The molecule has 2 aliphatic heterocycles. The van der Waals surface area contributed by atoms with Crippen LogP contribution in [0.25, 0.3) is 0 Å². The first-order valence-electron chi connectivity index (χ1n) is 7.06. The van der Waals surface area contributed by atoms with Gasteiger partial charge in [-0.15, -0.1) is 0 Å². The van der Waals surface area contributed by atoms with E-state index in [1.54, 1.807) is 0 Å². The van der Waals surface area contributed by atoms with E-state index in [0.717, 1.165) is 43.6 Å². The molecule has 0 spiro atoms. The molecule has 4 nitrogen and oxygen atoms in total. The number of hydrogen-bond donors (Lipinski definition) is 1. The van der Waals surface area contributed by atoms with Crippen LogP contribution in [-0.4, -0.2) is 44.8 Å². The Labute approximate surface area is 112 Å². The van der Waals surface area contributed by atoms with Crippen LogP contribution in [0, 0.1) is 0 Å². The van der Waals surface area contributed by atoms with Crippen molar-refractivity contribution in [2.24, 2.45) is 0 Å². The van der Waals surface area contributed by atoms with Gasteiger partial charge in [-0.3, -0.25) is 14.3 Å². The van der Waals surface area contributed by atoms with E-state index in [4.69, 9.17) is 0 Å². The lowest BCUT2D eigenvalue weighted by Gasteiger charge is -2.33. The predicted octanol–water partition coefficient (Wildman–Crippen LogP) is 1.23. The van der Waals surface area contributed by atoms with Gasteiger partial charge >= 0.3 is 0 Å². The van der Waals surface area contributed by atoms with Gasteiger partial charge in [0, 0.05) is 28.3 Å². The van der Waals surface area contributed by atoms with Crippen LogP contribution in [0.1, 0.15) is 46.0 Å². The molecule has 2 rings (SSSR count). The predicted molar refractivity (Wildman–Crippen MR) is 73.7 cm³/mol. The molecule has 18 heavy (non-hydrogen) atoms. The minimum Gasteiger partial charge on any atom is -0.323 e. The molecule has 2 heterocycles. The number of rotatable bonds is 4. The number of unbranched alkanes of at least 4 members (excludes halogenated alkanes) is 1. The molecule has 0 saturated carbocycles. The van der Waals surface area contributed by atoms with Crippen LogP contribution in [-0.2, 0) is 15.6 Å². The molecule has 5 heteroatoms. The zero-order valence-electron chi connectivity index (χ0n) is 11.4. The smallest absolute Gasteiger partial charge is 0.241 e. The van der Waals surface area contributed by atoms with Crippen LogP contribution in [0.15, 0.2) is 0 Å². The van der Waals surface area contributed by atoms with Crippen molar-refractivity contribution in [1.82, 2.24) is 10.2 Å². The highest BCUT2D eigenvalue weighted by Crippen LogP contribution is 2.24. The highest BCUT2D eigenvalue weighted by Gasteiger charge is 2.40. The first-order chi connectivity index (χ1) is 8.63. The Morgan fingerprint density at radius 2 is 2.06 bits per heavy atom. The molecular weight excluding hydrogens is 248 g/mol. The second-order valence-electron chi connectivity index (χ2n) is 5.36. The number of nitrogens with zero attached hydrogens (tertiary/aromatic N) is 1. The Balaban J connectivity index is 1.96. The monoisotopic (exact) mass is 272 g/mol. The van der Waals surface area contributed by atoms with Gasteiger partial charge in [0.15, 0.2) is 0 Å². The Morgan fingerprint density at radius 1 is 1.39 bits per heavy atom. The van der Waals surface area contributed by atoms with Gasteiger partial charge < -0.3 is 4.90 Å². The van der Waals surface area contributed by atoms with E-state index in [9.17, 15) is 9.00 Å². The summed E-state index contributed by atoms with van der Waals surface area (Å²) < 4.78 is 11.4. The van der Waals surface area contributed by atoms with Crippen molar-refractivity contribution in [1.29, 1.82) is 0 Å². The summed E-state index contributed by atoms with van der Waals surface area (Å²) in [4.78, 5) is 14.4. The normalized spacial score (nSPS) is 37.2. The highest BCUT2D eigenvalue weighted by molar-refractivity contribution is 7.85. The molecule has 2 fully saturated rings. The number of hydrogen-bond acceptors (Lipinski definition) is 3. The van der Waals surface area contributed by atoms with Gasteiger partial charge in [-0.1, -0.05) is 19.8 Å². The van der Waals surface area contributed by atoms with Crippen molar-refractivity contribution >= 4 is 16.7 Å². The first kappa shape index (κ1) is 14.0. The summed E-state index contributed by atoms with van der Waals surface area (Å²) in [6, 6.07) is 0.303. The largest absolute Gasteiger partial charge is 0.323 e. The summed E-state index contributed by atoms with van der Waals surface area (Å²) in [5.41, 5.74) is 0. The van der Waals surface area contributed by atoms with E-state index in [0.29, 0.717) is 6.04 Å². The van der Waals surface area contributed by atoms with E-state index >= 15 is 0 Å². The van der Waals surface area contributed by atoms with Crippen LogP contribution in [0.5, 0.6) is 0 Å². The molecule has 0 aromatic carbocycles. The van der Waals surface area contributed by atoms with Crippen LogP contribution in [0.3, 0.4) is 0 Å². The molecule has 0 bridgehead atoms. The lowest BCUT2D eigenvalue weighted by atomic mass is 10.1. The third kappa shape index (κ3) is 2.94. The van der Waals surface area contributed by atoms with Gasteiger partial charge in [-0.25, -0.2) is 0 Å². The summed E-state index contributed by atoms with van der Waals surface area (Å²) in [7, 11) is -0.655. The van der Waals surface area contributed by atoms with Crippen molar-refractivity contribution in [2.75, 3.05) is 11.5 Å². The van der Waals surface area contributed by atoms with Crippen molar-refractivity contribution in [3.63, 3.8) is 0 Å². The molecule has 1 amide bonds. The average molecular weight is 272 g/mol. The van der Waals surface area contributed by atoms with Crippen LogP contribution < -0.4 is 5.32 Å². The SMILES string of the molecule is CCCCC1NC(C)N(C2CCS(=O)CC2)C1=O. The third-order valence-electron chi connectivity index (χ3n) is 4.01. The number of amides is 1. The lowest BCUT2D eigenvalue weighted by molar-refractivity contribution is -0.132. The van der Waals surface area contributed by atoms with Crippen molar-refractivity contribution in [3.8, 4) is 0 Å². The summed E-state index contributed by atoms with van der Waals surface area (Å²) in [5.74, 6) is 1.76. The summed E-state index contributed by atoms with van der Waals surface area (Å²) in [6.45, 7) is 4.21. The maximum absolute atomic E-state index is 12.4. The van der Waals surface area contributed by atoms with Crippen LogP contribution >= 0.6 is 0 Å². The van der Waals surface area contributed by atoms with Gasteiger partial charge in [-0.2, -0.15) is 0 Å². The Kier molecular flexibility index (Phi) is 4.78. The maximum Gasteiger partial charge on any atom is 0.241 e. The molecule has 2 aliphatic rings. The molecule has 0 aliphatic carbocycles. The molecule has 0 radical (unpaired) electrons. The van der Waals surface area contributed by atoms with Gasteiger partial charge in [0.05, 0.1) is 12.2 Å². The Hall–Kier alpha value is -0.420. The van der Waals surface area contributed by atoms with Crippen molar-refractivity contribution in [2.45, 2.75) is 64.2 Å². The zero-order chi connectivity index (χ0) is 13.1. The van der Waals surface area contributed by atoms with Crippen LogP contribution in [0.2, 0.25) is 0 Å². The van der Waals surface area contributed by atoms with E-state index < -0.39 is 10.8 Å². The average Bonchev–Trinajstić information content (AvgIpc) is 2.63. The van der Waals surface area contributed by atoms with Gasteiger partial charge in [-0.05, 0) is 26.2 Å². The summed E-state index contributed by atoms with van der Waals surface area (Å²) in [5, 5.41) is 3.40. The fraction of sp³-hybridized carbons (Fsp3) is 0.923. The van der Waals surface area contributed by atoms with E-state index in [1.165, 1.54) is 0 Å². The fourth-order valence-corrected chi connectivity index (χ4v) is 4.26. The minimum absolute atomic E-state index is 0.00683. The zero-order valence-corrected chi connectivity index (χ0v) is 12.2. The molecule has 2 saturated heterocycles. The Bertz CT molecular complexity index is 325. The third-order valence-corrected chi connectivity index (χ3v) is 5.39.